The average Bonchev–Trinajstić information content (AvgIpc) is 2.29. The summed E-state index contributed by atoms with van der Waals surface area (Å²) in [5.41, 5.74) is 1.09. The molecule has 1 rings (SSSR count). The lowest BCUT2D eigenvalue weighted by Gasteiger charge is -2.06. The van der Waals surface area contributed by atoms with Crippen molar-refractivity contribution in [3.05, 3.63) is 33.9 Å². The summed E-state index contributed by atoms with van der Waals surface area (Å²) in [6, 6.07) is 4.66. The summed E-state index contributed by atoms with van der Waals surface area (Å²) in [6.07, 6.45) is 0.761. The molecule has 0 saturated carbocycles. The van der Waals surface area contributed by atoms with Gasteiger partial charge in [0, 0.05) is 29.6 Å². The van der Waals surface area contributed by atoms with Crippen molar-refractivity contribution in [1.82, 2.24) is 0 Å². The van der Waals surface area contributed by atoms with E-state index in [1.807, 2.05) is 6.92 Å². The largest absolute Gasteiger partial charge is 0.326 e. The molecule has 0 aliphatic heterocycles. The van der Waals surface area contributed by atoms with E-state index in [9.17, 15) is 14.9 Å². The lowest BCUT2D eigenvalue weighted by molar-refractivity contribution is -0.385. The van der Waals surface area contributed by atoms with Gasteiger partial charge in [0.2, 0.25) is 5.91 Å². The molecule has 0 bridgehead atoms. The number of alkyl halides is 1. The maximum Gasteiger partial charge on any atom is 0.274 e. The number of nitrogens with one attached hydrogen (secondary N) is 1. The summed E-state index contributed by atoms with van der Waals surface area (Å²) in [5.74, 6) is -0.0282. The number of nitro benzene ring substituents is 1. The highest BCUT2D eigenvalue weighted by Crippen LogP contribution is 2.23. The molecule has 0 radical (unpaired) electrons. The van der Waals surface area contributed by atoms with Crippen LogP contribution in [-0.2, 0) is 11.2 Å². The van der Waals surface area contributed by atoms with E-state index in [-0.39, 0.29) is 23.9 Å². The third kappa shape index (κ3) is 3.71. The van der Waals surface area contributed by atoms with Crippen LogP contribution in [0.25, 0.3) is 0 Å². The molecule has 0 aliphatic carbocycles. The predicted molar refractivity (Wildman–Crippen MR) is 66.4 cm³/mol. The SMILES string of the molecule is CCc1ccc(NC(=O)CCCl)cc1[N+](=O)[O-]. The van der Waals surface area contributed by atoms with Crippen molar-refractivity contribution in [3.8, 4) is 0 Å². The summed E-state index contributed by atoms with van der Waals surface area (Å²) in [4.78, 5) is 21.7. The number of benzene rings is 1. The van der Waals surface area contributed by atoms with Crippen molar-refractivity contribution in [1.29, 1.82) is 0 Å². The Morgan fingerprint density at radius 2 is 2.24 bits per heavy atom. The van der Waals surface area contributed by atoms with Gasteiger partial charge in [0.05, 0.1) is 4.92 Å². The number of amides is 1. The number of anilines is 1. The van der Waals surface area contributed by atoms with Crippen LogP contribution >= 0.6 is 11.6 Å². The van der Waals surface area contributed by atoms with E-state index >= 15 is 0 Å². The molecule has 1 aromatic rings. The zero-order valence-corrected chi connectivity index (χ0v) is 10.2. The molecule has 0 spiro atoms. The van der Waals surface area contributed by atoms with Crippen molar-refractivity contribution in [3.63, 3.8) is 0 Å². The molecule has 0 unspecified atom stereocenters. The molecule has 0 aromatic heterocycles. The molecule has 1 N–H and O–H groups in total. The Labute approximate surface area is 104 Å². The Balaban J connectivity index is 2.92. The van der Waals surface area contributed by atoms with Gasteiger partial charge >= 0.3 is 0 Å². The van der Waals surface area contributed by atoms with Crippen LogP contribution in [0.4, 0.5) is 11.4 Å². The Kier molecular flexibility index (Phi) is 4.90. The predicted octanol–water partition coefficient (Wildman–Crippen LogP) is 2.72. The van der Waals surface area contributed by atoms with Crippen LogP contribution in [0.1, 0.15) is 18.9 Å². The van der Waals surface area contributed by atoms with Gasteiger partial charge in [-0.25, -0.2) is 0 Å². The quantitative estimate of drug-likeness (QED) is 0.500. The lowest BCUT2D eigenvalue weighted by atomic mass is 10.1. The van der Waals surface area contributed by atoms with Gasteiger partial charge in [-0.3, -0.25) is 14.9 Å². The number of aryl methyl sites for hydroxylation is 1. The van der Waals surface area contributed by atoms with E-state index < -0.39 is 4.92 Å². The third-order valence-electron chi connectivity index (χ3n) is 2.27. The summed E-state index contributed by atoms with van der Waals surface area (Å²) >= 11 is 5.42. The molecule has 1 amide bonds. The summed E-state index contributed by atoms with van der Waals surface area (Å²) in [5, 5.41) is 13.4. The smallest absolute Gasteiger partial charge is 0.274 e. The van der Waals surface area contributed by atoms with Crippen molar-refractivity contribution in [2.45, 2.75) is 19.8 Å². The molecule has 0 aliphatic rings. The first-order chi connectivity index (χ1) is 8.08. The third-order valence-corrected chi connectivity index (χ3v) is 2.46. The van der Waals surface area contributed by atoms with Gasteiger partial charge in [0.15, 0.2) is 0 Å². The Bertz CT molecular complexity index is 435. The highest BCUT2D eigenvalue weighted by molar-refractivity contribution is 6.19. The topological polar surface area (TPSA) is 72.2 Å². The van der Waals surface area contributed by atoms with Gasteiger partial charge in [-0.15, -0.1) is 11.6 Å². The molecule has 0 heterocycles. The van der Waals surface area contributed by atoms with E-state index in [1.165, 1.54) is 6.07 Å². The van der Waals surface area contributed by atoms with Crippen LogP contribution in [0.3, 0.4) is 0 Å². The molecule has 92 valence electrons. The number of halogens is 1. The van der Waals surface area contributed by atoms with E-state index in [0.717, 1.165) is 0 Å². The standard InChI is InChI=1S/C11H13ClN2O3/c1-2-8-3-4-9(7-10(8)14(16)17)13-11(15)5-6-12/h3-4,7H,2,5-6H2,1H3,(H,13,15). The lowest BCUT2D eigenvalue weighted by Crippen LogP contribution is -2.12. The van der Waals surface area contributed by atoms with Gasteiger partial charge in [-0.2, -0.15) is 0 Å². The summed E-state index contributed by atoms with van der Waals surface area (Å²) in [7, 11) is 0. The van der Waals surface area contributed by atoms with E-state index in [4.69, 9.17) is 11.6 Å². The van der Waals surface area contributed by atoms with Gasteiger partial charge in [-0.1, -0.05) is 13.0 Å². The van der Waals surface area contributed by atoms with Crippen molar-refractivity contribution >= 4 is 28.9 Å². The zero-order chi connectivity index (χ0) is 12.8. The summed E-state index contributed by atoms with van der Waals surface area (Å²) in [6.45, 7) is 1.84. The van der Waals surface area contributed by atoms with Crippen LogP contribution in [0, 0.1) is 10.1 Å². The van der Waals surface area contributed by atoms with Gasteiger partial charge < -0.3 is 5.32 Å². The first-order valence-electron chi connectivity index (χ1n) is 5.21. The molecule has 0 atom stereocenters. The second-order valence-electron chi connectivity index (χ2n) is 3.44. The van der Waals surface area contributed by atoms with Crippen molar-refractivity contribution in [2.24, 2.45) is 0 Å². The van der Waals surface area contributed by atoms with Gasteiger partial charge in [-0.05, 0) is 12.5 Å². The van der Waals surface area contributed by atoms with Crippen LogP contribution in [0.5, 0.6) is 0 Å². The van der Waals surface area contributed by atoms with Crippen LogP contribution in [0.15, 0.2) is 18.2 Å². The Hall–Kier alpha value is -1.62. The first kappa shape index (κ1) is 13.4. The molecular weight excluding hydrogens is 244 g/mol. The molecule has 5 nitrogen and oxygen atoms in total. The van der Waals surface area contributed by atoms with Crippen LogP contribution < -0.4 is 5.32 Å². The van der Waals surface area contributed by atoms with Gasteiger partial charge in [0.1, 0.15) is 0 Å². The minimum atomic E-state index is -0.448. The monoisotopic (exact) mass is 256 g/mol. The van der Waals surface area contributed by atoms with Crippen LogP contribution in [-0.4, -0.2) is 16.7 Å². The number of hydrogen-bond donors (Lipinski definition) is 1. The number of carbonyl (C=O) groups is 1. The minimum absolute atomic E-state index is 0.0242. The number of carbonyl (C=O) groups excluding carboxylic acids is 1. The minimum Gasteiger partial charge on any atom is -0.326 e. The van der Waals surface area contributed by atoms with E-state index in [0.29, 0.717) is 17.7 Å². The van der Waals surface area contributed by atoms with Crippen LogP contribution in [0.2, 0.25) is 0 Å². The van der Waals surface area contributed by atoms with Gasteiger partial charge in [0.25, 0.3) is 5.69 Å². The summed E-state index contributed by atoms with van der Waals surface area (Å²) < 4.78 is 0. The number of rotatable bonds is 5. The second kappa shape index (κ2) is 6.20. The fourth-order valence-corrected chi connectivity index (χ4v) is 1.59. The zero-order valence-electron chi connectivity index (χ0n) is 9.40. The molecule has 17 heavy (non-hydrogen) atoms. The highest BCUT2D eigenvalue weighted by Gasteiger charge is 2.13. The average molecular weight is 257 g/mol. The normalized spacial score (nSPS) is 10.0. The van der Waals surface area contributed by atoms with Crippen molar-refractivity contribution < 1.29 is 9.72 Å². The maximum absolute atomic E-state index is 11.3. The Morgan fingerprint density at radius 1 is 1.53 bits per heavy atom. The fraction of sp³-hybridized carbons (Fsp3) is 0.364. The molecule has 0 saturated heterocycles. The number of nitro groups is 1. The maximum atomic E-state index is 11.3. The molecule has 0 fully saturated rings. The number of nitrogens with zero attached hydrogens (tertiary/aromatic N) is 1. The fourth-order valence-electron chi connectivity index (χ4n) is 1.42. The number of hydrogen-bond acceptors (Lipinski definition) is 3. The second-order valence-corrected chi connectivity index (χ2v) is 3.82. The van der Waals surface area contributed by atoms with E-state index in [1.54, 1.807) is 12.1 Å². The molecular formula is C11H13ClN2O3. The Morgan fingerprint density at radius 3 is 2.76 bits per heavy atom. The molecule has 6 heteroatoms. The van der Waals surface area contributed by atoms with Crippen molar-refractivity contribution in [2.75, 3.05) is 11.2 Å². The molecule has 1 aromatic carbocycles. The highest BCUT2D eigenvalue weighted by atomic mass is 35.5. The first-order valence-corrected chi connectivity index (χ1v) is 5.75. The van der Waals surface area contributed by atoms with E-state index in [2.05, 4.69) is 5.32 Å².